The molecule has 1 aliphatic heterocycles. The standard InChI is InChI=1S/C15H23ClN4O2/c1-10-8-12(16)19-13(17-10)20-7-5-6-11(9-20)18-14(21)22-15(2,3)4/h8,11H,5-7,9H2,1-4H3,(H,18,21)/t11-/m1/s1. The molecular formula is C15H23ClN4O2. The van der Waals surface area contributed by atoms with E-state index in [0.717, 1.165) is 25.1 Å². The fourth-order valence-electron chi connectivity index (χ4n) is 2.41. The molecule has 0 aliphatic carbocycles. The normalized spacial score (nSPS) is 19.0. The summed E-state index contributed by atoms with van der Waals surface area (Å²) in [6, 6.07) is 1.75. The third-order valence-corrected chi connectivity index (χ3v) is 3.43. The molecule has 1 N–H and O–H groups in total. The molecule has 1 aliphatic rings. The highest BCUT2D eigenvalue weighted by Crippen LogP contribution is 2.19. The molecule has 2 rings (SSSR count). The first-order chi connectivity index (χ1) is 10.2. The molecule has 1 aromatic heterocycles. The van der Waals surface area contributed by atoms with Gasteiger partial charge in [-0.3, -0.25) is 0 Å². The van der Waals surface area contributed by atoms with Crippen LogP contribution >= 0.6 is 11.6 Å². The van der Waals surface area contributed by atoms with Gasteiger partial charge < -0.3 is 15.0 Å². The molecule has 0 bridgehead atoms. The number of amides is 1. The van der Waals surface area contributed by atoms with Gasteiger partial charge in [-0.05, 0) is 46.6 Å². The van der Waals surface area contributed by atoms with Gasteiger partial charge >= 0.3 is 6.09 Å². The molecule has 1 atom stereocenters. The van der Waals surface area contributed by atoms with Crippen LogP contribution in [0.25, 0.3) is 0 Å². The van der Waals surface area contributed by atoms with Crippen LogP contribution < -0.4 is 10.2 Å². The van der Waals surface area contributed by atoms with Crippen LogP contribution in [0.5, 0.6) is 0 Å². The summed E-state index contributed by atoms with van der Waals surface area (Å²) in [4.78, 5) is 22.6. The number of hydrogen-bond acceptors (Lipinski definition) is 5. The fraction of sp³-hybridized carbons (Fsp3) is 0.667. The maximum atomic E-state index is 11.9. The third kappa shape index (κ3) is 5.02. The van der Waals surface area contributed by atoms with Crippen molar-refractivity contribution in [2.75, 3.05) is 18.0 Å². The lowest BCUT2D eigenvalue weighted by Crippen LogP contribution is -2.49. The van der Waals surface area contributed by atoms with Crippen molar-refractivity contribution in [1.82, 2.24) is 15.3 Å². The highest BCUT2D eigenvalue weighted by molar-refractivity contribution is 6.29. The first-order valence-electron chi connectivity index (χ1n) is 7.48. The van der Waals surface area contributed by atoms with Crippen LogP contribution in [-0.2, 0) is 4.74 Å². The van der Waals surface area contributed by atoms with E-state index < -0.39 is 5.60 Å². The Morgan fingerprint density at radius 1 is 1.45 bits per heavy atom. The van der Waals surface area contributed by atoms with Crippen molar-refractivity contribution in [2.45, 2.75) is 52.2 Å². The van der Waals surface area contributed by atoms with Crippen molar-refractivity contribution in [3.05, 3.63) is 16.9 Å². The summed E-state index contributed by atoms with van der Waals surface area (Å²) in [5.41, 5.74) is 0.336. The number of nitrogens with one attached hydrogen (secondary N) is 1. The number of aromatic nitrogens is 2. The number of rotatable bonds is 2. The molecule has 22 heavy (non-hydrogen) atoms. The Balaban J connectivity index is 1.98. The number of ether oxygens (including phenoxy) is 1. The summed E-state index contributed by atoms with van der Waals surface area (Å²) in [6.45, 7) is 8.94. The Morgan fingerprint density at radius 2 is 2.18 bits per heavy atom. The number of aryl methyl sites for hydroxylation is 1. The molecular weight excluding hydrogens is 304 g/mol. The molecule has 1 fully saturated rings. The van der Waals surface area contributed by atoms with Gasteiger partial charge in [0.2, 0.25) is 5.95 Å². The minimum absolute atomic E-state index is 0.0199. The quantitative estimate of drug-likeness (QED) is 0.846. The van der Waals surface area contributed by atoms with Crippen molar-refractivity contribution in [2.24, 2.45) is 0 Å². The predicted octanol–water partition coefficient (Wildman–Crippen LogP) is 2.93. The Kier molecular flexibility index (Phi) is 5.11. The number of piperidine rings is 1. The van der Waals surface area contributed by atoms with E-state index in [4.69, 9.17) is 16.3 Å². The molecule has 0 unspecified atom stereocenters. The zero-order chi connectivity index (χ0) is 16.3. The van der Waals surface area contributed by atoms with Crippen LogP contribution in [0.2, 0.25) is 5.15 Å². The van der Waals surface area contributed by atoms with Crippen molar-refractivity contribution >= 4 is 23.6 Å². The van der Waals surface area contributed by atoms with Crippen LogP contribution in [0.4, 0.5) is 10.7 Å². The van der Waals surface area contributed by atoms with E-state index in [1.54, 1.807) is 6.07 Å². The van der Waals surface area contributed by atoms with Gasteiger partial charge in [0.25, 0.3) is 0 Å². The van der Waals surface area contributed by atoms with E-state index in [9.17, 15) is 4.79 Å². The van der Waals surface area contributed by atoms with E-state index in [2.05, 4.69) is 15.3 Å². The van der Waals surface area contributed by atoms with E-state index in [0.29, 0.717) is 17.6 Å². The largest absolute Gasteiger partial charge is 0.444 e. The molecule has 0 spiro atoms. The Bertz CT molecular complexity index is 525. The highest BCUT2D eigenvalue weighted by atomic mass is 35.5. The van der Waals surface area contributed by atoms with Crippen LogP contribution in [-0.4, -0.2) is 40.8 Å². The van der Waals surface area contributed by atoms with Crippen LogP contribution in [0.1, 0.15) is 39.3 Å². The van der Waals surface area contributed by atoms with Crippen LogP contribution in [0.3, 0.4) is 0 Å². The molecule has 2 heterocycles. The van der Waals surface area contributed by atoms with Gasteiger partial charge in [-0.25, -0.2) is 14.8 Å². The van der Waals surface area contributed by atoms with Crippen molar-refractivity contribution in [3.8, 4) is 0 Å². The maximum absolute atomic E-state index is 11.9. The molecule has 0 aromatic carbocycles. The topological polar surface area (TPSA) is 67.4 Å². The van der Waals surface area contributed by atoms with Crippen molar-refractivity contribution < 1.29 is 9.53 Å². The minimum Gasteiger partial charge on any atom is -0.444 e. The predicted molar refractivity (Wildman–Crippen MR) is 86.4 cm³/mol. The summed E-state index contributed by atoms with van der Waals surface area (Å²) in [5, 5.41) is 3.35. The van der Waals surface area contributed by atoms with Crippen molar-refractivity contribution in [1.29, 1.82) is 0 Å². The number of anilines is 1. The molecule has 6 nitrogen and oxygen atoms in total. The summed E-state index contributed by atoms with van der Waals surface area (Å²) in [7, 11) is 0. The van der Waals surface area contributed by atoms with Gasteiger partial charge in [-0.2, -0.15) is 0 Å². The van der Waals surface area contributed by atoms with E-state index in [-0.39, 0.29) is 12.1 Å². The second kappa shape index (κ2) is 6.69. The molecule has 122 valence electrons. The van der Waals surface area contributed by atoms with Gasteiger partial charge in [0.05, 0.1) is 0 Å². The average molecular weight is 327 g/mol. The summed E-state index contributed by atoms with van der Waals surface area (Å²) < 4.78 is 5.30. The number of carbonyl (C=O) groups excluding carboxylic acids is 1. The number of nitrogens with zero attached hydrogens (tertiary/aromatic N) is 3. The lowest BCUT2D eigenvalue weighted by atomic mass is 10.1. The number of hydrogen-bond donors (Lipinski definition) is 1. The first kappa shape index (κ1) is 16.8. The number of alkyl carbamates (subject to hydrolysis) is 1. The SMILES string of the molecule is Cc1cc(Cl)nc(N2CCC[C@@H](NC(=O)OC(C)(C)C)C2)n1. The summed E-state index contributed by atoms with van der Waals surface area (Å²) >= 11 is 6.00. The molecule has 1 aromatic rings. The highest BCUT2D eigenvalue weighted by Gasteiger charge is 2.25. The van der Waals surface area contributed by atoms with Crippen molar-refractivity contribution in [3.63, 3.8) is 0 Å². The van der Waals surface area contributed by atoms with Gasteiger partial charge in [0.1, 0.15) is 10.8 Å². The first-order valence-corrected chi connectivity index (χ1v) is 7.86. The Morgan fingerprint density at radius 3 is 2.82 bits per heavy atom. The fourth-order valence-corrected chi connectivity index (χ4v) is 2.64. The molecule has 1 saturated heterocycles. The lowest BCUT2D eigenvalue weighted by molar-refractivity contribution is 0.0500. The summed E-state index contributed by atoms with van der Waals surface area (Å²) in [6.07, 6.45) is 1.48. The van der Waals surface area contributed by atoms with E-state index >= 15 is 0 Å². The second-order valence-electron chi connectivity index (χ2n) is 6.56. The Labute approximate surface area is 136 Å². The maximum Gasteiger partial charge on any atom is 0.407 e. The second-order valence-corrected chi connectivity index (χ2v) is 6.95. The number of carbonyl (C=O) groups is 1. The monoisotopic (exact) mass is 326 g/mol. The minimum atomic E-state index is -0.494. The summed E-state index contributed by atoms with van der Waals surface area (Å²) in [5.74, 6) is 0.612. The van der Waals surface area contributed by atoms with Gasteiger partial charge in [0, 0.05) is 24.8 Å². The zero-order valence-electron chi connectivity index (χ0n) is 13.5. The lowest BCUT2D eigenvalue weighted by Gasteiger charge is -2.33. The van der Waals surface area contributed by atoms with Gasteiger partial charge in [-0.1, -0.05) is 11.6 Å². The smallest absolute Gasteiger partial charge is 0.407 e. The zero-order valence-corrected chi connectivity index (χ0v) is 14.3. The number of halogens is 1. The van der Waals surface area contributed by atoms with Crippen LogP contribution in [0.15, 0.2) is 6.07 Å². The van der Waals surface area contributed by atoms with Gasteiger partial charge in [0.15, 0.2) is 0 Å². The van der Waals surface area contributed by atoms with E-state index in [1.165, 1.54) is 0 Å². The average Bonchev–Trinajstić information content (AvgIpc) is 2.35. The van der Waals surface area contributed by atoms with Crippen LogP contribution in [0, 0.1) is 6.92 Å². The Hall–Kier alpha value is -1.56. The van der Waals surface area contributed by atoms with E-state index in [1.807, 2.05) is 32.6 Å². The molecule has 7 heteroatoms. The molecule has 0 radical (unpaired) electrons. The van der Waals surface area contributed by atoms with Gasteiger partial charge in [-0.15, -0.1) is 0 Å². The molecule has 0 saturated carbocycles. The third-order valence-electron chi connectivity index (χ3n) is 3.24. The molecule has 1 amide bonds.